The highest BCUT2D eigenvalue weighted by Gasteiger charge is 2.12. The summed E-state index contributed by atoms with van der Waals surface area (Å²) in [5.41, 5.74) is 1.08. The third kappa shape index (κ3) is 6.21. The average Bonchev–Trinajstić information content (AvgIpc) is 2.49. The fourth-order valence-corrected chi connectivity index (χ4v) is 2.91. The number of carbonyl (C=O) groups excluding carboxylic acids is 1. The average molecular weight is 309 g/mol. The minimum absolute atomic E-state index is 0.101. The van der Waals surface area contributed by atoms with Crippen LogP contribution in [0.5, 0.6) is 0 Å². The summed E-state index contributed by atoms with van der Waals surface area (Å²) in [6.45, 7) is 2.67. The Hall–Kier alpha value is -1.49. The smallest absolute Gasteiger partial charge is 0.335 e. The molecule has 0 saturated heterocycles. The molecule has 0 saturated carbocycles. The summed E-state index contributed by atoms with van der Waals surface area (Å²) in [5.74, 6) is 0.688. The number of unbranched alkanes of at least 4 members (excludes halogenated alkanes) is 1. The van der Waals surface area contributed by atoms with Gasteiger partial charge in [-0.2, -0.15) is 11.8 Å². The van der Waals surface area contributed by atoms with E-state index in [2.05, 4.69) is 6.92 Å². The number of hydrogen-bond acceptors (Lipinski definition) is 3. The number of rotatable bonds is 9. The molecule has 116 valence electrons. The van der Waals surface area contributed by atoms with Crippen LogP contribution in [0.4, 0.5) is 0 Å². The van der Waals surface area contributed by atoms with Crippen molar-refractivity contribution in [2.45, 2.75) is 26.2 Å². The summed E-state index contributed by atoms with van der Waals surface area (Å²) in [5, 5.41) is 9.12. The maximum atomic E-state index is 11.9. The highest BCUT2D eigenvalue weighted by molar-refractivity contribution is 7.99. The Balaban J connectivity index is 2.44. The zero-order chi connectivity index (χ0) is 15.7. The third-order valence-electron chi connectivity index (χ3n) is 3.26. The van der Waals surface area contributed by atoms with Gasteiger partial charge < -0.3 is 10.0 Å². The summed E-state index contributed by atoms with van der Waals surface area (Å²) < 4.78 is 0. The van der Waals surface area contributed by atoms with Crippen LogP contribution in [0, 0.1) is 0 Å². The minimum atomic E-state index is -0.922. The number of carboxylic acids is 1. The van der Waals surface area contributed by atoms with E-state index in [9.17, 15) is 9.59 Å². The van der Waals surface area contributed by atoms with Crippen LogP contribution >= 0.6 is 11.8 Å². The molecule has 0 bridgehead atoms. The van der Waals surface area contributed by atoms with E-state index in [1.165, 1.54) is 0 Å². The molecule has 0 aliphatic heterocycles. The van der Waals surface area contributed by atoms with Gasteiger partial charge in [-0.1, -0.05) is 31.5 Å². The van der Waals surface area contributed by atoms with Crippen LogP contribution in [0.25, 0.3) is 0 Å². The van der Waals surface area contributed by atoms with Crippen LogP contribution in [0.2, 0.25) is 0 Å². The fraction of sp³-hybridized carbons (Fsp3) is 0.500. The maximum Gasteiger partial charge on any atom is 0.335 e. The second kappa shape index (κ2) is 9.45. The Bertz CT molecular complexity index is 476. The number of hydrogen-bond donors (Lipinski definition) is 1. The van der Waals surface area contributed by atoms with Crippen LogP contribution < -0.4 is 0 Å². The molecule has 0 spiro atoms. The Labute approximate surface area is 130 Å². The summed E-state index contributed by atoms with van der Waals surface area (Å²) in [7, 11) is 1.77. The van der Waals surface area contributed by atoms with E-state index in [0.717, 1.165) is 24.2 Å². The van der Waals surface area contributed by atoms with E-state index in [0.29, 0.717) is 24.3 Å². The van der Waals surface area contributed by atoms with Gasteiger partial charge in [-0.05, 0) is 30.2 Å². The van der Waals surface area contributed by atoms with E-state index < -0.39 is 5.97 Å². The topological polar surface area (TPSA) is 57.6 Å². The van der Waals surface area contributed by atoms with Crippen LogP contribution in [-0.2, 0) is 11.2 Å². The number of likely N-dealkylation sites (N-methyl/N-ethyl adjacent to an activating group) is 1. The molecule has 4 nitrogen and oxygen atoms in total. The molecule has 0 aliphatic rings. The lowest BCUT2D eigenvalue weighted by atomic mass is 10.0. The number of carbonyl (C=O) groups is 2. The molecule has 0 aromatic heterocycles. The maximum absolute atomic E-state index is 11.9. The highest BCUT2D eigenvalue weighted by atomic mass is 32.2. The zero-order valence-corrected chi connectivity index (χ0v) is 13.5. The second-order valence-corrected chi connectivity index (χ2v) is 6.04. The molecule has 0 aliphatic carbocycles. The fourth-order valence-electron chi connectivity index (χ4n) is 1.88. The standard InChI is InChI=1S/C16H23NO3S/c1-3-4-11-21-12-15(18)17(2)10-9-13-7-5-6-8-14(13)16(19)20/h5-8H,3-4,9-12H2,1-2H3,(H,19,20). The van der Waals surface area contributed by atoms with Gasteiger partial charge in [0.1, 0.15) is 0 Å². The van der Waals surface area contributed by atoms with E-state index in [4.69, 9.17) is 5.11 Å². The molecular formula is C16H23NO3S. The first-order chi connectivity index (χ1) is 10.1. The van der Waals surface area contributed by atoms with Crippen molar-refractivity contribution in [2.75, 3.05) is 25.1 Å². The van der Waals surface area contributed by atoms with Crippen molar-refractivity contribution in [2.24, 2.45) is 0 Å². The molecule has 1 amide bonds. The molecule has 1 rings (SSSR count). The van der Waals surface area contributed by atoms with Crippen molar-refractivity contribution in [3.63, 3.8) is 0 Å². The van der Waals surface area contributed by atoms with Gasteiger partial charge in [0.05, 0.1) is 11.3 Å². The van der Waals surface area contributed by atoms with Crippen LogP contribution in [0.1, 0.15) is 35.7 Å². The summed E-state index contributed by atoms with van der Waals surface area (Å²) in [6.07, 6.45) is 2.83. The van der Waals surface area contributed by atoms with Gasteiger partial charge in [-0.25, -0.2) is 4.79 Å². The molecule has 21 heavy (non-hydrogen) atoms. The zero-order valence-electron chi connectivity index (χ0n) is 12.7. The number of amides is 1. The lowest BCUT2D eigenvalue weighted by Crippen LogP contribution is -2.30. The second-order valence-electron chi connectivity index (χ2n) is 4.93. The van der Waals surface area contributed by atoms with Gasteiger partial charge in [0.25, 0.3) is 0 Å². The van der Waals surface area contributed by atoms with Crippen molar-refractivity contribution >= 4 is 23.6 Å². The Morgan fingerprint density at radius 1 is 1.29 bits per heavy atom. The number of aromatic carboxylic acids is 1. The van der Waals surface area contributed by atoms with E-state index in [-0.39, 0.29) is 5.91 Å². The third-order valence-corrected chi connectivity index (χ3v) is 4.29. The molecule has 0 fully saturated rings. The molecule has 5 heteroatoms. The Kier molecular flexibility index (Phi) is 7.90. The lowest BCUT2D eigenvalue weighted by molar-refractivity contribution is -0.127. The number of carboxylic acid groups (broad SMARTS) is 1. The number of nitrogens with zero attached hydrogens (tertiary/aromatic N) is 1. The first-order valence-electron chi connectivity index (χ1n) is 7.19. The van der Waals surface area contributed by atoms with Crippen molar-refractivity contribution < 1.29 is 14.7 Å². The van der Waals surface area contributed by atoms with Gasteiger partial charge >= 0.3 is 5.97 Å². The minimum Gasteiger partial charge on any atom is -0.478 e. The molecule has 1 N–H and O–H groups in total. The summed E-state index contributed by atoms with van der Waals surface area (Å²) in [6, 6.07) is 6.94. The van der Waals surface area contributed by atoms with Gasteiger partial charge in [0, 0.05) is 13.6 Å². The monoisotopic (exact) mass is 309 g/mol. The predicted octanol–water partition coefficient (Wildman–Crippen LogP) is 2.92. The summed E-state index contributed by atoms with van der Waals surface area (Å²) in [4.78, 5) is 24.7. The molecule has 0 radical (unpaired) electrons. The first-order valence-corrected chi connectivity index (χ1v) is 8.34. The molecule has 1 aromatic rings. The van der Waals surface area contributed by atoms with Crippen LogP contribution in [0.15, 0.2) is 24.3 Å². The Morgan fingerprint density at radius 2 is 2.00 bits per heavy atom. The molecule has 0 heterocycles. The number of thioether (sulfide) groups is 1. The lowest BCUT2D eigenvalue weighted by Gasteiger charge is -2.17. The normalized spacial score (nSPS) is 10.4. The van der Waals surface area contributed by atoms with Crippen LogP contribution in [0.3, 0.4) is 0 Å². The van der Waals surface area contributed by atoms with Crippen molar-refractivity contribution in [3.8, 4) is 0 Å². The van der Waals surface area contributed by atoms with E-state index >= 15 is 0 Å². The van der Waals surface area contributed by atoms with Crippen LogP contribution in [-0.4, -0.2) is 47.0 Å². The van der Waals surface area contributed by atoms with Gasteiger partial charge in [-0.3, -0.25) is 4.79 Å². The molecule has 1 aromatic carbocycles. The molecular weight excluding hydrogens is 286 g/mol. The van der Waals surface area contributed by atoms with Crippen molar-refractivity contribution in [1.29, 1.82) is 0 Å². The summed E-state index contributed by atoms with van der Waals surface area (Å²) >= 11 is 1.66. The highest BCUT2D eigenvalue weighted by Crippen LogP contribution is 2.11. The quantitative estimate of drug-likeness (QED) is 0.713. The number of benzene rings is 1. The van der Waals surface area contributed by atoms with Gasteiger partial charge in [-0.15, -0.1) is 0 Å². The largest absolute Gasteiger partial charge is 0.478 e. The van der Waals surface area contributed by atoms with Gasteiger partial charge in [0.2, 0.25) is 5.91 Å². The SMILES string of the molecule is CCCCSCC(=O)N(C)CCc1ccccc1C(=O)O. The van der Waals surface area contributed by atoms with E-state index in [1.54, 1.807) is 41.9 Å². The van der Waals surface area contributed by atoms with Crippen molar-refractivity contribution in [1.82, 2.24) is 4.90 Å². The predicted molar refractivity (Wildman–Crippen MR) is 87.0 cm³/mol. The molecule has 0 unspecified atom stereocenters. The first kappa shape index (κ1) is 17.6. The molecule has 0 atom stereocenters. The van der Waals surface area contributed by atoms with Crippen molar-refractivity contribution in [3.05, 3.63) is 35.4 Å². The Morgan fingerprint density at radius 3 is 2.67 bits per heavy atom. The van der Waals surface area contributed by atoms with E-state index in [1.807, 2.05) is 6.07 Å². The van der Waals surface area contributed by atoms with Gasteiger partial charge in [0.15, 0.2) is 0 Å².